The molecule has 8 heteroatoms. The molecule has 0 radical (unpaired) electrons. The number of carbonyl (C=O) groups excluding carboxylic acids is 2. The second kappa shape index (κ2) is 21.7. The van der Waals surface area contributed by atoms with E-state index in [0.29, 0.717) is 36.7 Å². The lowest BCUT2D eigenvalue weighted by Gasteiger charge is -2.35. The summed E-state index contributed by atoms with van der Waals surface area (Å²) < 4.78 is 33.6. The van der Waals surface area contributed by atoms with Crippen molar-refractivity contribution >= 4 is 22.5 Å². The SMILES string of the molecule is CC[C@H]1CC(CC(=O)c2ccc(OCCCCCCOCC3CO3)cc2)CCC1OC(=O)c1ccc2cc(CCCCCCCOCC3CO3)ccc2c1. The minimum Gasteiger partial charge on any atom is -0.494 e. The summed E-state index contributed by atoms with van der Waals surface area (Å²) in [6.07, 6.45) is 15.9. The van der Waals surface area contributed by atoms with Gasteiger partial charge in [0, 0.05) is 25.2 Å². The number of unbranched alkanes of at least 4 members (excludes halogenated alkanes) is 7. The summed E-state index contributed by atoms with van der Waals surface area (Å²) in [6.45, 7) is 7.65. The quantitative estimate of drug-likeness (QED) is 0.0347. The van der Waals surface area contributed by atoms with E-state index in [2.05, 4.69) is 25.1 Å². The van der Waals surface area contributed by atoms with Crippen molar-refractivity contribution < 1.29 is 38.0 Å². The molecule has 0 amide bonds. The lowest BCUT2D eigenvalue weighted by atomic mass is 9.76. The molecular weight excluding hydrogens is 680 g/mol. The molecule has 3 fully saturated rings. The number of aryl methyl sites for hydroxylation is 1. The van der Waals surface area contributed by atoms with Gasteiger partial charge in [-0.2, -0.15) is 0 Å². The molecule has 3 aromatic carbocycles. The first-order chi connectivity index (χ1) is 26.5. The Hall–Kier alpha value is -3.30. The fourth-order valence-corrected chi connectivity index (χ4v) is 7.68. The van der Waals surface area contributed by atoms with Crippen molar-refractivity contribution in [3.8, 4) is 5.75 Å². The molecule has 54 heavy (non-hydrogen) atoms. The van der Waals surface area contributed by atoms with Gasteiger partial charge in [-0.25, -0.2) is 4.79 Å². The predicted molar refractivity (Wildman–Crippen MR) is 212 cm³/mol. The van der Waals surface area contributed by atoms with E-state index in [-0.39, 0.29) is 23.8 Å². The number of esters is 1. The van der Waals surface area contributed by atoms with Crippen LogP contribution in [0.15, 0.2) is 60.7 Å². The molecular formula is C46H62O8. The van der Waals surface area contributed by atoms with Crippen LogP contribution in [0.25, 0.3) is 10.8 Å². The Kier molecular flexibility index (Phi) is 16.2. The van der Waals surface area contributed by atoms with Crippen LogP contribution >= 0.6 is 0 Å². The Morgan fingerprint density at radius 1 is 0.685 bits per heavy atom. The van der Waals surface area contributed by atoms with Crippen molar-refractivity contribution in [1.29, 1.82) is 0 Å². The summed E-state index contributed by atoms with van der Waals surface area (Å²) in [7, 11) is 0. The van der Waals surface area contributed by atoms with E-state index in [1.807, 2.05) is 42.5 Å². The van der Waals surface area contributed by atoms with Crippen LogP contribution in [0.4, 0.5) is 0 Å². The number of hydrogen-bond acceptors (Lipinski definition) is 8. The number of Topliss-reactive ketones (excluding diaryl/α,β-unsaturated/α-hetero) is 1. The number of fused-ring (bicyclic) bond motifs is 1. The lowest BCUT2D eigenvalue weighted by molar-refractivity contribution is -0.00785. The molecule has 5 atom stereocenters. The van der Waals surface area contributed by atoms with E-state index in [1.54, 1.807) is 0 Å². The largest absolute Gasteiger partial charge is 0.494 e. The maximum absolute atomic E-state index is 13.3. The van der Waals surface area contributed by atoms with Crippen LogP contribution in [0.5, 0.6) is 5.75 Å². The second-order valence-electron chi connectivity index (χ2n) is 15.7. The third-order valence-electron chi connectivity index (χ3n) is 11.2. The third-order valence-corrected chi connectivity index (χ3v) is 11.2. The molecule has 6 rings (SSSR count). The van der Waals surface area contributed by atoms with Crippen molar-refractivity contribution in [3.05, 3.63) is 77.4 Å². The molecule has 2 heterocycles. The summed E-state index contributed by atoms with van der Waals surface area (Å²) >= 11 is 0. The van der Waals surface area contributed by atoms with Gasteiger partial charge in [-0.15, -0.1) is 0 Å². The molecule has 0 bridgehead atoms. The highest BCUT2D eigenvalue weighted by Gasteiger charge is 2.33. The van der Waals surface area contributed by atoms with E-state index in [9.17, 15) is 9.59 Å². The minimum absolute atomic E-state index is 0.121. The predicted octanol–water partition coefficient (Wildman–Crippen LogP) is 9.73. The van der Waals surface area contributed by atoms with Crippen molar-refractivity contribution in [3.63, 3.8) is 0 Å². The number of ketones is 1. The van der Waals surface area contributed by atoms with Crippen LogP contribution in [-0.4, -0.2) is 76.3 Å². The molecule has 8 nitrogen and oxygen atoms in total. The van der Waals surface area contributed by atoms with E-state index in [4.69, 9.17) is 28.4 Å². The zero-order chi connectivity index (χ0) is 37.4. The van der Waals surface area contributed by atoms with Gasteiger partial charge in [-0.1, -0.05) is 56.9 Å². The van der Waals surface area contributed by atoms with Gasteiger partial charge in [-0.05, 0) is 129 Å². The zero-order valence-corrected chi connectivity index (χ0v) is 32.5. The Morgan fingerprint density at radius 3 is 1.98 bits per heavy atom. The number of epoxide rings is 2. The maximum Gasteiger partial charge on any atom is 0.338 e. The average Bonchev–Trinajstić information content (AvgIpc) is 4.14. The maximum atomic E-state index is 13.3. The summed E-state index contributed by atoms with van der Waals surface area (Å²) in [5.41, 5.74) is 2.67. The Labute approximate surface area is 322 Å². The topological polar surface area (TPSA) is 96.1 Å². The number of hydrogen-bond donors (Lipinski definition) is 0. The zero-order valence-electron chi connectivity index (χ0n) is 32.5. The Bertz CT molecular complexity index is 1580. The molecule has 0 N–H and O–H groups in total. The summed E-state index contributed by atoms with van der Waals surface area (Å²) in [5, 5.41) is 2.22. The highest BCUT2D eigenvalue weighted by atomic mass is 16.6. The van der Waals surface area contributed by atoms with Crippen molar-refractivity contribution in [2.24, 2.45) is 11.8 Å². The normalized spacial score (nSPS) is 21.9. The van der Waals surface area contributed by atoms with Crippen LogP contribution in [0.1, 0.15) is 123 Å². The van der Waals surface area contributed by atoms with Crippen LogP contribution in [0.3, 0.4) is 0 Å². The number of ether oxygens (including phenoxy) is 6. The van der Waals surface area contributed by atoms with Crippen LogP contribution in [0, 0.1) is 11.8 Å². The first-order valence-corrected chi connectivity index (χ1v) is 20.9. The Morgan fingerprint density at radius 2 is 1.30 bits per heavy atom. The van der Waals surface area contributed by atoms with Crippen molar-refractivity contribution in [1.82, 2.24) is 0 Å². The fraction of sp³-hybridized carbons (Fsp3) is 0.609. The van der Waals surface area contributed by atoms with Gasteiger partial charge < -0.3 is 28.4 Å². The van der Waals surface area contributed by atoms with Gasteiger partial charge in [0.1, 0.15) is 24.1 Å². The van der Waals surface area contributed by atoms with E-state index < -0.39 is 0 Å². The highest BCUT2D eigenvalue weighted by molar-refractivity contribution is 5.96. The number of benzene rings is 3. The molecule has 2 aliphatic heterocycles. The van der Waals surface area contributed by atoms with Gasteiger partial charge >= 0.3 is 5.97 Å². The minimum atomic E-state index is -0.253. The van der Waals surface area contributed by atoms with E-state index in [1.165, 1.54) is 31.2 Å². The molecule has 3 aliphatic rings. The van der Waals surface area contributed by atoms with Crippen molar-refractivity contribution in [2.75, 3.05) is 46.2 Å². The van der Waals surface area contributed by atoms with Crippen molar-refractivity contribution in [2.45, 2.75) is 122 Å². The first kappa shape index (κ1) is 40.4. The number of carbonyl (C=O) groups is 2. The van der Waals surface area contributed by atoms with Gasteiger partial charge in [0.2, 0.25) is 0 Å². The van der Waals surface area contributed by atoms with Crippen LogP contribution in [-0.2, 0) is 30.1 Å². The second-order valence-corrected chi connectivity index (χ2v) is 15.7. The lowest BCUT2D eigenvalue weighted by Crippen LogP contribution is -2.33. The van der Waals surface area contributed by atoms with Gasteiger partial charge in [0.15, 0.2) is 5.78 Å². The molecule has 1 saturated carbocycles. The van der Waals surface area contributed by atoms with Gasteiger partial charge in [-0.3, -0.25) is 4.79 Å². The molecule has 0 spiro atoms. The first-order valence-electron chi connectivity index (χ1n) is 20.9. The van der Waals surface area contributed by atoms with E-state index in [0.717, 1.165) is 126 Å². The molecule has 1 aliphatic carbocycles. The van der Waals surface area contributed by atoms with Crippen LogP contribution < -0.4 is 4.74 Å². The highest BCUT2D eigenvalue weighted by Crippen LogP contribution is 2.36. The smallest absolute Gasteiger partial charge is 0.338 e. The monoisotopic (exact) mass is 742 g/mol. The van der Waals surface area contributed by atoms with E-state index >= 15 is 0 Å². The number of rotatable bonds is 26. The molecule has 4 unspecified atom stereocenters. The molecule has 294 valence electrons. The Balaban J connectivity index is 0.860. The van der Waals surface area contributed by atoms with Crippen LogP contribution in [0.2, 0.25) is 0 Å². The fourth-order valence-electron chi connectivity index (χ4n) is 7.68. The summed E-state index contributed by atoms with van der Waals surface area (Å²) in [6, 6.07) is 20.1. The standard InChI is InChI=1S/C46H62O8/c1-2-36-27-35(28-44(47)37-18-20-41(21-19-37)51-25-11-7-6-10-24-50-31-43-33-53-43)14-22-45(36)54-46(48)40-17-16-38-26-34(13-15-39(38)29-40)12-8-4-3-5-9-23-49-30-42-32-52-42/h13,15-21,26,29,35-36,42-43,45H,2-12,14,22-25,27-28,30-33H2,1H3/t35?,36-,42?,43?,45?/m0/s1. The molecule has 2 saturated heterocycles. The van der Waals surface area contributed by atoms with Gasteiger partial charge in [0.25, 0.3) is 0 Å². The molecule has 3 aromatic rings. The summed E-state index contributed by atoms with van der Waals surface area (Å²) in [4.78, 5) is 26.6. The third kappa shape index (κ3) is 13.8. The van der Waals surface area contributed by atoms with Gasteiger partial charge in [0.05, 0.1) is 38.6 Å². The average molecular weight is 743 g/mol. The molecule has 0 aromatic heterocycles. The summed E-state index contributed by atoms with van der Waals surface area (Å²) in [5.74, 6) is 1.27.